The van der Waals surface area contributed by atoms with Crippen molar-refractivity contribution in [2.24, 2.45) is 0 Å². The summed E-state index contributed by atoms with van der Waals surface area (Å²) in [7, 11) is -1.52. The predicted octanol–water partition coefficient (Wildman–Crippen LogP) is 7.48. The van der Waals surface area contributed by atoms with E-state index in [-0.39, 0.29) is 0 Å². The first-order valence-corrected chi connectivity index (χ1v) is 13.0. The summed E-state index contributed by atoms with van der Waals surface area (Å²) in [5, 5.41) is 0. The number of hydrogen-bond acceptors (Lipinski definition) is 1. The molecule has 1 atom stereocenters. The van der Waals surface area contributed by atoms with E-state index in [4.69, 9.17) is 4.43 Å². The molecule has 0 N–H and O–H groups in total. The zero-order valence-electron chi connectivity index (χ0n) is 16.0. The van der Waals surface area contributed by atoms with Crippen molar-refractivity contribution in [1.29, 1.82) is 0 Å². The molecule has 2 heteroatoms. The molecular weight excluding hydrogens is 284 g/mol. The van der Waals surface area contributed by atoms with Crippen molar-refractivity contribution in [3.05, 3.63) is 12.7 Å². The average Bonchev–Trinajstić information content (AvgIpc) is 2.46. The van der Waals surface area contributed by atoms with Crippen molar-refractivity contribution in [2.45, 2.75) is 116 Å². The van der Waals surface area contributed by atoms with Crippen molar-refractivity contribution < 1.29 is 4.43 Å². The van der Waals surface area contributed by atoms with Crippen LogP contribution in [-0.4, -0.2) is 14.4 Å². The Hall–Kier alpha value is -0.0831. The van der Waals surface area contributed by atoms with E-state index in [2.05, 4.69) is 33.5 Å². The first-order chi connectivity index (χ1) is 10.6. The van der Waals surface area contributed by atoms with Gasteiger partial charge in [0, 0.05) is 6.10 Å². The molecule has 0 heterocycles. The van der Waals surface area contributed by atoms with Crippen LogP contribution in [0.1, 0.15) is 90.9 Å². The summed E-state index contributed by atoms with van der Waals surface area (Å²) in [6.07, 6.45) is 18.8. The Morgan fingerprint density at radius 2 is 1.32 bits per heavy atom. The SMILES string of the molecule is C=CC[Si](C)(C)OC(CCCC)CCCCCCCCCC. The van der Waals surface area contributed by atoms with Gasteiger partial charge in [0.2, 0.25) is 0 Å². The molecule has 0 aliphatic carbocycles. The molecule has 22 heavy (non-hydrogen) atoms. The fraction of sp³-hybridized carbons (Fsp3) is 0.900. The van der Waals surface area contributed by atoms with E-state index in [1.807, 2.05) is 6.08 Å². The van der Waals surface area contributed by atoms with E-state index >= 15 is 0 Å². The van der Waals surface area contributed by atoms with E-state index in [1.165, 1.54) is 77.0 Å². The summed E-state index contributed by atoms with van der Waals surface area (Å²) in [5.74, 6) is 0. The molecule has 0 aromatic carbocycles. The summed E-state index contributed by atoms with van der Waals surface area (Å²) in [6, 6.07) is 1.08. The van der Waals surface area contributed by atoms with Gasteiger partial charge >= 0.3 is 0 Å². The quantitative estimate of drug-likeness (QED) is 0.162. The lowest BCUT2D eigenvalue weighted by Gasteiger charge is -2.29. The molecule has 132 valence electrons. The van der Waals surface area contributed by atoms with Gasteiger partial charge in [0.25, 0.3) is 0 Å². The molecule has 0 radical (unpaired) electrons. The Labute approximate surface area is 142 Å². The smallest absolute Gasteiger partial charge is 0.190 e. The molecule has 0 aliphatic heterocycles. The van der Waals surface area contributed by atoms with Gasteiger partial charge in [0.05, 0.1) is 0 Å². The zero-order chi connectivity index (χ0) is 16.7. The Morgan fingerprint density at radius 3 is 1.86 bits per heavy atom. The van der Waals surface area contributed by atoms with Gasteiger partial charge in [0.15, 0.2) is 8.32 Å². The van der Waals surface area contributed by atoms with Crippen molar-refractivity contribution in [3.63, 3.8) is 0 Å². The maximum Gasteiger partial charge on any atom is 0.190 e. The molecular formula is C20H42OSi. The largest absolute Gasteiger partial charge is 0.414 e. The van der Waals surface area contributed by atoms with Crippen LogP contribution < -0.4 is 0 Å². The fourth-order valence-electron chi connectivity index (χ4n) is 3.05. The van der Waals surface area contributed by atoms with Crippen molar-refractivity contribution >= 4 is 8.32 Å². The molecule has 1 unspecified atom stereocenters. The van der Waals surface area contributed by atoms with Crippen molar-refractivity contribution in [3.8, 4) is 0 Å². The predicted molar refractivity (Wildman–Crippen MR) is 104 cm³/mol. The maximum atomic E-state index is 6.51. The van der Waals surface area contributed by atoms with Crippen LogP contribution in [0.5, 0.6) is 0 Å². The topological polar surface area (TPSA) is 9.23 Å². The highest BCUT2D eigenvalue weighted by atomic mass is 28.4. The second-order valence-electron chi connectivity index (χ2n) is 7.40. The molecule has 1 nitrogen and oxygen atoms in total. The van der Waals surface area contributed by atoms with Crippen molar-refractivity contribution in [2.75, 3.05) is 0 Å². The molecule has 0 aliphatic rings. The van der Waals surface area contributed by atoms with Crippen LogP contribution >= 0.6 is 0 Å². The third-order valence-electron chi connectivity index (χ3n) is 4.38. The van der Waals surface area contributed by atoms with E-state index < -0.39 is 8.32 Å². The summed E-state index contributed by atoms with van der Waals surface area (Å²) < 4.78 is 6.51. The monoisotopic (exact) mass is 326 g/mol. The van der Waals surface area contributed by atoms with Gasteiger partial charge in [-0.25, -0.2) is 0 Å². The van der Waals surface area contributed by atoms with Gasteiger partial charge in [0.1, 0.15) is 0 Å². The third-order valence-corrected chi connectivity index (χ3v) is 6.62. The van der Waals surface area contributed by atoms with Gasteiger partial charge in [-0.3, -0.25) is 0 Å². The minimum Gasteiger partial charge on any atom is -0.414 e. The molecule has 0 saturated heterocycles. The molecule has 0 spiro atoms. The lowest BCUT2D eigenvalue weighted by atomic mass is 10.0. The van der Waals surface area contributed by atoms with Gasteiger partial charge in [-0.15, -0.1) is 6.58 Å². The molecule has 0 rings (SSSR count). The molecule has 0 aromatic rings. The van der Waals surface area contributed by atoms with E-state index in [1.54, 1.807) is 0 Å². The summed E-state index contributed by atoms with van der Waals surface area (Å²) >= 11 is 0. The minimum absolute atomic E-state index is 0.502. The highest BCUT2D eigenvalue weighted by Gasteiger charge is 2.24. The van der Waals surface area contributed by atoms with Crippen molar-refractivity contribution in [1.82, 2.24) is 0 Å². The first-order valence-electron chi connectivity index (χ1n) is 9.84. The van der Waals surface area contributed by atoms with Gasteiger partial charge < -0.3 is 4.43 Å². The number of allylic oxidation sites excluding steroid dienone is 1. The van der Waals surface area contributed by atoms with E-state index in [9.17, 15) is 0 Å². The standard InChI is InChI=1S/C20H42OSi/c1-6-9-11-12-13-14-15-16-18-20(17-10-7-2)21-22(4,5)19-8-3/h8,20H,3,6-7,9-19H2,1-2,4-5H3. The molecule has 0 aromatic heterocycles. The Kier molecular flexibility index (Phi) is 14.5. The Morgan fingerprint density at radius 1 is 0.818 bits per heavy atom. The van der Waals surface area contributed by atoms with Gasteiger partial charge in [-0.2, -0.15) is 0 Å². The first kappa shape index (κ1) is 21.9. The molecule has 0 bridgehead atoms. The van der Waals surface area contributed by atoms with Crippen LogP contribution in [-0.2, 0) is 4.43 Å². The van der Waals surface area contributed by atoms with Crippen LogP contribution in [0, 0.1) is 0 Å². The second-order valence-corrected chi connectivity index (χ2v) is 11.6. The number of hydrogen-bond donors (Lipinski definition) is 0. The number of rotatable bonds is 16. The zero-order valence-corrected chi connectivity index (χ0v) is 17.0. The third kappa shape index (κ3) is 13.6. The lowest BCUT2D eigenvalue weighted by molar-refractivity contribution is 0.165. The van der Waals surface area contributed by atoms with Crippen LogP contribution in [0.15, 0.2) is 12.7 Å². The van der Waals surface area contributed by atoms with Crippen LogP contribution in [0.3, 0.4) is 0 Å². The number of unbranched alkanes of at least 4 members (excludes halogenated alkanes) is 8. The van der Waals surface area contributed by atoms with E-state index in [0.717, 1.165) is 6.04 Å². The van der Waals surface area contributed by atoms with E-state index in [0.29, 0.717) is 6.10 Å². The minimum atomic E-state index is -1.52. The van der Waals surface area contributed by atoms with Crippen LogP contribution in [0.2, 0.25) is 19.1 Å². The maximum absolute atomic E-state index is 6.51. The van der Waals surface area contributed by atoms with Gasteiger partial charge in [-0.05, 0) is 32.0 Å². The highest BCUT2D eigenvalue weighted by molar-refractivity contribution is 6.71. The fourth-order valence-corrected chi connectivity index (χ4v) is 4.98. The molecule has 0 fully saturated rings. The Balaban J connectivity index is 3.87. The normalized spacial score (nSPS) is 13.3. The summed E-state index contributed by atoms with van der Waals surface area (Å²) in [5.41, 5.74) is 0. The highest BCUT2D eigenvalue weighted by Crippen LogP contribution is 2.21. The van der Waals surface area contributed by atoms with Crippen LogP contribution in [0.4, 0.5) is 0 Å². The molecule has 0 amide bonds. The molecule has 0 saturated carbocycles. The second kappa shape index (κ2) is 14.5. The summed E-state index contributed by atoms with van der Waals surface area (Å²) in [4.78, 5) is 0. The Bertz CT molecular complexity index is 250. The summed E-state index contributed by atoms with van der Waals surface area (Å²) in [6.45, 7) is 13.1. The van der Waals surface area contributed by atoms with Crippen LogP contribution in [0.25, 0.3) is 0 Å². The van der Waals surface area contributed by atoms with Gasteiger partial charge in [-0.1, -0.05) is 84.1 Å². The lowest BCUT2D eigenvalue weighted by Crippen LogP contribution is -2.35. The average molecular weight is 327 g/mol.